The Labute approximate surface area is 156 Å². The SMILES string of the molecule is CC(C)c1noc(C2(O)CCN(S(=O)(=O)Cc3noc4ccccc34)C2)n1. The quantitative estimate of drug-likeness (QED) is 0.697. The van der Waals surface area contributed by atoms with Gasteiger partial charge in [0.1, 0.15) is 11.4 Å². The van der Waals surface area contributed by atoms with Crippen molar-refractivity contribution >= 4 is 21.0 Å². The van der Waals surface area contributed by atoms with Crippen molar-refractivity contribution in [2.75, 3.05) is 13.1 Å². The summed E-state index contributed by atoms with van der Waals surface area (Å²) in [4.78, 5) is 4.22. The van der Waals surface area contributed by atoms with E-state index < -0.39 is 15.6 Å². The predicted molar refractivity (Wildman–Crippen MR) is 95.1 cm³/mol. The van der Waals surface area contributed by atoms with E-state index in [2.05, 4.69) is 15.3 Å². The van der Waals surface area contributed by atoms with Crippen LogP contribution in [0.15, 0.2) is 33.3 Å². The number of hydrogen-bond donors (Lipinski definition) is 1. The molecular formula is C17H20N4O5S. The summed E-state index contributed by atoms with van der Waals surface area (Å²) in [6.07, 6.45) is 0.186. The van der Waals surface area contributed by atoms with E-state index in [0.29, 0.717) is 22.5 Å². The van der Waals surface area contributed by atoms with Crippen molar-refractivity contribution in [3.05, 3.63) is 41.7 Å². The van der Waals surface area contributed by atoms with Crippen molar-refractivity contribution in [2.45, 2.75) is 37.5 Å². The van der Waals surface area contributed by atoms with Crippen LogP contribution in [0.1, 0.15) is 43.6 Å². The third-order valence-electron chi connectivity index (χ3n) is 4.73. The third kappa shape index (κ3) is 3.24. The molecule has 3 aromatic rings. The average Bonchev–Trinajstić information content (AvgIpc) is 3.34. The van der Waals surface area contributed by atoms with E-state index in [1.54, 1.807) is 24.3 Å². The molecule has 1 saturated heterocycles. The van der Waals surface area contributed by atoms with E-state index in [4.69, 9.17) is 9.05 Å². The highest BCUT2D eigenvalue weighted by Crippen LogP contribution is 2.34. The van der Waals surface area contributed by atoms with Crippen LogP contribution < -0.4 is 0 Å². The molecule has 10 heteroatoms. The first-order chi connectivity index (χ1) is 12.8. The lowest BCUT2D eigenvalue weighted by molar-refractivity contribution is 0.0194. The predicted octanol–water partition coefficient (Wildman–Crippen LogP) is 1.76. The standard InChI is InChI=1S/C17H20N4O5S/c1-11(2)15-18-16(26-20-15)17(22)7-8-21(10-17)27(23,24)9-13-12-5-3-4-6-14(12)25-19-13/h3-6,11,22H,7-10H2,1-2H3. The van der Waals surface area contributed by atoms with E-state index in [1.807, 2.05) is 13.8 Å². The maximum Gasteiger partial charge on any atom is 0.260 e. The number of para-hydroxylation sites is 1. The molecule has 0 aliphatic carbocycles. The van der Waals surface area contributed by atoms with Crippen LogP contribution in [0.5, 0.6) is 0 Å². The molecule has 1 aromatic carbocycles. The van der Waals surface area contributed by atoms with Crippen LogP contribution in [0.3, 0.4) is 0 Å². The van der Waals surface area contributed by atoms with E-state index in [0.717, 1.165) is 0 Å². The van der Waals surface area contributed by atoms with E-state index >= 15 is 0 Å². The van der Waals surface area contributed by atoms with Gasteiger partial charge in [-0.25, -0.2) is 8.42 Å². The fourth-order valence-corrected chi connectivity index (χ4v) is 4.65. The fraction of sp³-hybridized carbons (Fsp3) is 0.471. The normalized spacial score (nSPS) is 21.5. The number of β-amino-alcohol motifs (C(OH)–C–C–N with tert-alkyl or cyclic N) is 1. The van der Waals surface area contributed by atoms with Gasteiger partial charge in [0.15, 0.2) is 17.0 Å². The Morgan fingerprint density at radius 1 is 1.26 bits per heavy atom. The van der Waals surface area contributed by atoms with Crippen LogP contribution in [0.4, 0.5) is 0 Å². The molecule has 1 fully saturated rings. The maximum atomic E-state index is 12.8. The number of rotatable bonds is 5. The van der Waals surface area contributed by atoms with Gasteiger partial charge in [0.2, 0.25) is 10.0 Å². The number of aromatic nitrogens is 3. The van der Waals surface area contributed by atoms with Crippen LogP contribution in [0.25, 0.3) is 11.0 Å². The van der Waals surface area contributed by atoms with E-state index in [9.17, 15) is 13.5 Å². The minimum Gasteiger partial charge on any atom is -0.379 e. The number of nitrogens with zero attached hydrogens (tertiary/aromatic N) is 4. The third-order valence-corrected chi connectivity index (χ3v) is 6.47. The van der Waals surface area contributed by atoms with Crippen molar-refractivity contribution in [2.24, 2.45) is 0 Å². The van der Waals surface area contributed by atoms with Gasteiger partial charge in [-0.15, -0.1) is 0 Å². The molecule has 1 aliphatic heterocycles. The Morgan fingerprint density at radius 3 is 2.78 bits per heavy atom. The minimum atomic E-state index is -3.70. The number of benzene rings is 1. The Bertz CT molecular complexity index is 1070. The Kier molecular flexibility index (Phi) is 4.28. The van der Waals surface area contributed by atoms with Crippen LogP contribution in [-0.2, 0) is 21.4 Å². The summed E-state index contributed by atoms with van der Waals surface area (Å²) in [6.45, 7) is 3.84. The molecule has 0 amide bonds. The van der Waals surface area contributed by atoms with Crippen molar-refractivity contribution in [1.82, 2.24) is 19.6 Å². The van der Waals surface area contributed by atoms with Gasteiger partial charge in [0.05, 0.1) is 6.54 Å². The molecule has 3 heterocycles. The van der Waals surface area contributed by atoms with E-state index in [-0.39, 0.29) is 37.1 Å². The summed E-state index contributed by atoms with van der Waals surface area (Å²) >= 11 is 0. The zero-order valence-electron chi connectivity index (χ0n) is 15.0. The zero-order chi connectivity index (χ0) is 19.2. The summed E-state index contributed by atoms with van der Waals surface area (Å²) in [7, 11) is -3.70. The summed E-state index contributed by atoms with van der Waals surface area (Å²) in [5.74, 6) is 0.277. The minimum absolute atomic E-state index is 0.0489. The van der Waals surface area contributed by atoms with Gasteiger partial charge in [0, 0.05) is 24.3 Å². The first kappa shape index (κ1) is 18.1. The van der Waals surface area contributed by atoms with Gasteiger partial charge in [0.25, 0.3) is 5.89 Å². The molecule has 1 unspecified atom stereocenters. The molecule has 1 N–H and O–H groups in total. The number of fused-ring (bicyclic) bond motifs is 1. The monoisotopic (exact) mass is 392 g/mol. The van der Waals surface area contributed by atoms with Gasteiger partial charge in [-0.1, -0.05) is 36.3 Å². The second kappa shape index (κ2) is 6.39. The molecule has 4 rings (SSSR count). The molecule has 27 heavy (non-hydrogen) atoms. The molecule has 0 saturated carbocycles. The molecule has 1 aliphatic rings. The van der Waals surface area contributed by atoms with Gasteiger partial charge in [-0.2, -0.15) is 9.29 Å². The summed E-state index contributed by atoms with van der Waals surface area (Å²) in [5.41, 5.74) is -0.604. The van der Waals surface area contributed by atoms with Crippen molar-refractivity contribution in [3.8, 4) is 0 Å². The molecule has 0 bridgehead atoms. The average molecular weight is 392 g/mol. The topological polar surface area (TPSA) is 123 Å². The molecule has 2 aromatic heterocycles. The summed E-state index contributed by atoms with van der Waals surface area (Å²) < 4.78 is 37.3. The lowest BCUT2D eigenvalue weighted by Crippen LogP contribution is -2.35. The van der Waals surface area contributed by atoms with Gasteiger partial charge in [-0.3, -0.25) is 0 Å². The van der Waals surface area contributed by atoms with Crippen LogP contribution in [-0.4, -0.2) is 46.2 Å². The van der Waals surface area contributed by atoms with Crippen LogP contribution in [0, 0.1) is 0 Å². The highest BCUT2D eigenvalue weighted by Gasteiger charge is 2.46. The number of sulfonamides is 1. The molecule has 0 spiro atoms. The molecular weight excluding hydrogens is 372 g/mol. The Morgan fingerprint density at radius 2 is 2.04 bits per heavy atom. The van der Waals surface area contributed by atoms with Crippen LogP contribution in [0.2, 0.25) is 0 Å². The first-order valence-corrected chi connectivity index (χ1v) is 10.3. The highest BCUT2D eigenvalue weighted by molar-refractivity contribution is 7.88. The second-order valence-electron chi connectivity index (χ2n) is 7.11. The lowest BCUT2D eigenvalue weighted by atomic mass is 10.0. The second-order valence-corrected chi connectivity index (χ2v) is 9.08. The first-order valence-electron chi connectivity index (χ1n) is 8.66. The Balaban J connectivity index is 1.55. The van der Waals surface area contributed by atoms with Crippen molar-refractivity contribution < 1.29 is 22.6 Å². The smallest absolute Gasteiger partial charge is 0.260 e. The molecule has 9 nitrogen and oxygen atoms in total. The molecule has 0 radical (unpaired) electrons. The van der Waals surface area contributed by atoms with Crippen molar-refractivity contribution in [1.29, 1.82) is 0 Å². The van der Waals surface area contributed by atoms with Gasteiger partial charge >= 0.3 is 0 Å². The molecule has 144 valence electrons. The summed E-state index contributed by atoms with van der Waals surface area (Å²) in [5, 5.41) is 19.3. The van der Waals surface area contributed by atoms with Gasteiger partial charge in [-0.05, 0) is 12.1 Å². The summed E-state index contributed by atoms with van der Waals surface area (Å²) in [6, 6.07) is 7.09. The lowest BCUT2D eigenvalue weighted by Gasteiger charge is -2.19. The van der Waals surface area contributed by atoms with Gasteiger partial charge < -0.3 is 14.2 Å². The fourth-order valence-electron chi connectivity index (χ4n) is 3.14. The largest absolute Gasteiger partial charge is 0.379 e. The zero-order valence-corrected chi connectivity index (χ0v) is 15.8. The molecule has 1 atom stereocenters. The number of aliphatic hydroxyl groups is 1. The van der Waals surface area contributed by atoms with Crippen molar-refractivity contribution in [3.63, 3.8) is 0 Å². The number of hydrogen-bond acceptors (Lipinski definition) is 8. The maximum absolute atomic E-state index is 12.8. The Hall–Kier alpha value is -2.30. The highest BCUT2D eigenvalue weighted by atomic mass is 32.2. The van der Waals surface area contributed by atoms with E-state index in [1.165, 1.54) is 4.31 Å². The van der Waals surface area contributed by atoms with Crippen LogP contribution >= 0.6 is 0 Å².